The maximum atomic E-state index is 12.5. The van der Waals surface area contributed by atoms with Crippen LogP contribution in [0.25, 0.3) is 0 Å². The molecule has 0 unspecified atom stereocenters. The summed E-state index contributed by atoms with van der Waals surface area (Å²) in [6.45, 7) is 4.98. The number of hydrogen-bond donors (Lipinski definition) is 1. The molecule has 0 spiro atoms. The van der Waals surface area contributed by atoms with Gasteiger partial charge in [0, 0.05) is 31.4 Å². The summed E-state index contributed by atoms with van der Waals surface area (Å²) >= 11 is 0. The van der Waals surface area contributed by atoms with Crippen molar-refractivity contribution in [1.82, 2.24) is 29.7 Å². The molecule has 0 saturated carbocycles. The minimum absolute atomic E-state index is 0.0734. The summed E-state index contributed by atoms with van der Waals surface area (Å²) in [5.74, 6) is 1.44. The first-order valence-corrected chi connectivity index (χ1v) is 9.87. The Kier molecular flexibility index (Phi) is 4.87. The van der Waals surface area contributed by atoms with Crippen molar-refractivity contribution in [2.45, 2.75) is 59.0 Å². The van der Waals surface area contributed by atoms with E-state index in [4.69, 9.17) is 4.98 Å². The van der Waals surface area contributed by atoms with E-state index in [1.807, 2.05) is 6.92 Å². The summed E-state index contributed by atoms with van der Waals surface area (Å²) < 4.78 is 1.52. The Labute approximate surface area is 164 Å². The lowest BCUT2D eigenvalue weighted by Gasteiger charge is -2.18. The fourth-order valence-electron chi connectivity index (χ4n) is 4.02. The predicted octanol–water partition coefficient (Wildman–Crippen LogP) is 1.33. The van der Waals surface area contributed by atoms with Crippen molar-refractivity contribution < 1.29 is 4.79 Å². The van der Waals surface area contributed by atoms with Gasteiger partial charge in [0.25, 0.3) is 5.56 Å². The zero-order valence-electron chi connectivity index (χ0n) is 16.7. The average Bonchev–Trinajstić information content (AvgIpc) is 3.10. The van der Waals surface area contributed by atoms with Crippen LogP contribution < -0.4 is 10.9 Å². The molecule has 1 aliphatic carbocycles. The highest BCUT2D eigenvalue weighted by atomic mass is 16.2. The van der Waals surface area contributed by atoms with E-state index in [0.29, 0.717) is 43.1 Å². The Morgan fingerprint density at radius 2 is 1.82 bits per heavy atom. The largest absolute Gasteiger partial charge is 0.338 e. The van der Waals surface area contributed by atoms with Crippen molar-refractivity contribution in [1.29, 1.82) is 0 Å². The molecule has 2 aromatic heterocycles. The number of amides is 2. The summed E-state index contributed by atoms with van der Waals surface area (Å²) in [5.41, 5.74) is 4.78. The van der Waals surface area contributed by atoms with Crippen LogP contribution in [0.5, 0.6) is 0 Å². The molecule has 2 aromatic rings. The van der Waals surface area contributed by atoms with Gasteiger partial charge < -0.3 is 10.2 Å². The van der Waals surface area contributed by atoms with Crippen LogP contribution in [0.15, 0.2) is 4.79 Å². The molecule has 0 bridgehead atoms. The second kappa shape index (κ2) is 7.33. The maximum absolute atomic E-state index is 12.5. The minimum Gasteiger partial charge on any atom is -0.338 e. The van der Waals surface area contributed by atoms with Crippen LogP contribution in [0, 0.1) is 13.8 Å². The molecule has 0 atom stereocenters. The van der Waals surface area contributed by atoms with Gasteiger partial charge in [-0.25, -0.2) is 19.7 Å². The molecule has 0 fully saturated rings. The number of nitrogens with zero attached hydrogens (tertiary/aromatic N) is 5. The van der Waals surface area contributed by atoms with E-state index in [2.05, 4.69) is 15.3 Å². The molecule has 2 aliphatic rings. The van der Waals surface area contributed by atoms with Crippen molar-refractivity contribution in [2.75, 3.05) is 6.54 Å². The van der Waals surface area contributed by atoms with Crippen LogP contribution in [0.4, 0.5) is 4.79 Å². The van der Waals surface area contributed by atoms with Gasteiger partial charge in [-0.15, -0.1) is 0 Å². The van der Waals surface area contributed by atoms with Gasteiger partial charge >= 0.3 is 6.03 Å². The zero-order chi connectivity index (χ0) is 19.8. The highest BCUT2D eigenvalue weighted by Crippen LogP contribution is 2.22. The van der Waals surface area contributed by atoms with Gasteiger partial charge in [0.2, 0.25) is 0 Å². The Hall–Kier alpha value is -2.77. The highest BCUT2D eigenvalue weighted by Gasteiger charge is 2.28. The first-order chi connectivity index (χ1) is 13.4. The van der Waals surface area contributed by atoms with E-state index >= 15 is 0 Å². The number of aryl methyl sites for hydroxylation is 3. The third kappa shape index (κ3) is 3.39. The van der Waals surface area contributed by atoms with Gasteiger partial charge in [-0.1, -0.05) is 0 Å². The molecule has 8 heteroatoms. The molecule has 28 heavy (non-hydrogen) atoms. The van der Waals surface area contributed by atoms with Gasteiger partial charge in [0.05, 0.1) is 24.3 Å². The van der Waals surface area contributed by atoms with Crippen molar-refractivity contribution >= 4 is 6.03 Å². The fraction of sp³-hybridized carbons (Fsp3) is 0.550. The van der Waals surface area contributed by atoms with E-state index in [9.17, 15) is 9.59 Å². The zero-order valence-corrected chi connectivity index (χ0v) is 16.7. The van der Waals surface area contributed by atoms with Crippen LogP contribution in [0.2, 0.25) is 0 Å². The highest BCUT2D eigenvalue weighted by molar-refractivity contribution is 5.74. The van der Waals surface area contributed by atoms with Gasteiger partial charge in [0.1, 0.15) is 11.6 Å². The standard InChI is InChI=1S/C20H26N6O2/c1-12-14-6-4-5-7-16(14)24-18(22-12)8-9-21-20(28)26-10-15-17(11-26)23-13(2)25(3)19(15)27/h4-11H2,1-3H3,(H,21,28). The molecule has 3 heterocycles. The van der Waals surface area contributed by atoms with Crippen molar-refractivity contribution in [3.8, 4) is 0 Å². The summed E-state index contributed by atoms with van der Waals surface area (Å²) in [4.78, 5) is 40.3. The minimum atomic E-state index is -0.188. The molecule has 0 aromatic carbocycles. The number of hydrogen-bond acceptors (Lipinski definition) is 5. The first-order valence-electron chi connectivity index (χ1n) is 9.87. The van der Waals surface area contributed by atoms with Crippen LogP contribution in [0.3, 0.4) is 0 Å². The number of urea groups is 1. The normalized spacial score (nSPS) is 15.3. The monoisotopic (exact) mass is 382 g/mol. The third-order valence-corrected chi connectivity index (χ3v) is 5.73. The number of carbonyl (C=O) groups is 1. The van der Waals surface area contributed by atoms with Crippen molar-refractivity contribution in [3.05, 3.63) is 50.2 Å². The molecule has 1 aliphatic heterocycles. The Morgan fingerprint density at radius 1 is 1.04 bits per heavy atom. The Balaban J connectivity index is 1.36. The quantitative estimate of drug-likeness (QED) is 0.865. The summed E-state index contributed by atoms with van der Waals surface area (Å²) in [5, 5.41) is 2.93. The number of carbonyl (C=O) groups excluding carboxylic acids is 1. The Bertz CT molecular complexity index is 997. The topological polar surface area (TPSA) is 93.0 Å². The molecule has 8 nitrogen and oxygen atoms in total. The third-order valence-electron chi connectivity index (χ3n) is 5.73. The van der Waals surface area contributed by atoms with Crippen molar-refractivity contribution in [3.63, 3.8) is 0 Å². The summed E-state index contributed by atoms with van der Waals surface area (Å²) in [7, 11) is 1.70. The van der Waals surface area contributed by atoms with Crippen LogP contribution in [0.1, 0.15) is 52.7 Å². The molecule has 1 N–H and O–H groups in total. The lowest BCUT2D eigenvalue weighted by atomic mass is 9.95. The Morgan fingerprint density at radius 3 is 2.64 bits per heavy atom. The van der Waals surface area contributed by atoms with Crippen LogP contribution in [-0.2, 0) is 39.4 Å². The van der Waals surface area contributed by atoms with Crippen LogP contribution >= 0.6 is 0 Å². The lowest BCUT2D eigenvalue weighted by molar-refractivity contribution is 0.198. The van der Waals surface area contributed by atoms with Gasteiger partial charge in [-0.05, 0) is 45.1 Å². The van der Waals surface area contributed by atoms with E-state index in [-0.39, 0.29) is 11.6 Å². The first kappa shape index (κ1) is 18.6. The molecule has 148 valence electrons. The molecule has 0 saturated heterocycles. The number of aromatic nitrogens is 4. The van der Waals surface area contributed by atoms with Gasteiger partial charge in [-0.2, -0.15) is 0 Å². The summed E-state index contributed by atoms with van der Waals surface area (Å²) in [6, 6.07) is -0.188. The summed E-state index contributed by atoms with van der Waals surface area (Å²) in [6.07, 6.45) is 5.08. The molecule has 2 amide bonds. The van der Waals surface area contributed by atoms with E-state index in [1.165, 1.54) is 28.7 Å². The number of nitrogens with one attached hydrogen (secondary N) is 1. The molecule has 0 radical (unpaired) electrons. The van der Waals surface area contributed by atoms with Crippen LogP contribution in [-0.4, -0.2) is 37.0 Å². The van der Waals surface area contributed by atoms with Gasteiger partial charge in [-0.3, -0.25) is 9.36 Å². The maximum Gasteiger partial charge on any atom is 0.318 e. The van der Waals surface area contributed by atoms with Gasteiger partial charge in [0.15, 0.2) is 0 Å². The smallest absolute Gasteiger partial charge is 0.318 e. The van der Waals surface area contributed by atoms with E-state index in [0.717, 1.165) is 24.4 Å². The second-order valence-electron chi connectivity index (χ2n) is 7.64. The predicted molar refractivity (Wildman–Crippen MR) is 104 cm³/mol. The lowest BCUT2D eigenvalue weighted by Crippen LogP contribution is -2.38. The van der Waals surface area contributed by atoms with E-state index < -0.39 is 0 Å². The number of fused-ring (bicyclic) bond motifs is 2. The SMILES string of the molecule is Cc1nc(CCNC(=O)N2Cc3nc(C)n(C)c(=O)c3C2)nc2c1CCCC2. The molecular formula is C20H26N6O2. The fourth-order valence-corrected chi connectivity index (χ4v) is 4.02. The second-order valence-corrected chi connectivity index (χ2v) is 7.64. The molecular weight excluding hydrogens is 356 g/mol. The molecule has 4 rings (SSSR count). The van der Waals surface area contributed by atoms with E-state index in [1.54, 1.807) is 18.9 Å². The average molecular weight is 382 g/mol. The number of rotatable bonds is 3. The van der Waals surface area contributed by atoms with Crippen molar-refractivity contribution in [2.24, 2.45) is 7.05 Å².